The zero-order valence-electron chi connectivity index (χ0n) is 14.6. The van der Waals surface area contributed by atoms with E-state index in [0.29, 0.717) is 11.8 Å². The summed E-state index contributed by atoms with van der Waals surface area (Å²) in [7, 11) is 0. The molecule has 1 aliphatic heterocycles. The molecule has 25 heavy (non-hydrogen) atoms. The van der Waals surface area contributed by atoms with Gasteiger partial charge in [-0.3, -0.25) is 0 Å². The largest absolute Gasteiger partial charge is 0.373 e. The predicted octanol–water partition coefficient (Wildman–Crippen LogP) is 4.33. The highest BCUT2D eigenvalue weighted by Crippen LogP contribution is 2.27. The number of ether oxygens (including phenoxy) is 1. The summed E-state index contributed by atoms with van der Waals surface area (Å²) >= 11 is 6.25. The van der Waals surface area contributed by atoms with Gasteiger partial charge in [-0.25, -0.2) is 14.4 Å². The summed E-state index contributed by atoms with van der Waals surface area (Å²) < 4.78 is 18.9. The first-order valence-corrected chi connectivity index (χ1v) is 9.08. The van der Waals surface area contributed by atoms with Gasteiger partial charge in [0.05, 0.1) is 12.7 Å². The number of halogens is 2. The Labute approximate surface area is 153 Å². The zero-order chi connectivity index (χ0) is 17.8. The number of aromatic nitrogens is 2. The second kappa shape index (κ2) is 8.11. The molecule has 134 valence electrons. The van der Waals surface area contributed by atoms with E-state index in [2.05, 4.69) is 14.9 Å². The first-order chi connectivity index (χ1) is 12.1. The van der Waals surface area contributed by atoms with Crippen molar-refractivity contribution in [1.29, 1.82) is 0 Å². The first kappa shape index (κ1) is 18.1. The summed E-state index contributed by atoms with van der Waals surface area (Å²) in [6.45, 7) is 6.27. The molecule has 1 saturated heterocycles. The van der Waals surface area contributed by atoms with E-state index >= 15 is 0 Å². The van der Waals surface area contributed by atoms with Crippen molar-refractivity contribution in [2.45, 2.75) is 45.8 Å². The summed E-state index contributed by atoms with van der Waals surface area (Å²) in [6.07, 6.45) is 2.85. The maximum atomic E-state index is 12.9. The van der Waals surface area contributed by atoms with Gasteiger partial charge in [-0.15, -0.1) is 0 Å². The van der Waals surface area contributed by atoms with Crippen molar-refractivity contribution in [1.82, 2.24) is 9.97 Å². The van der Waals surface area contributed by atoms with E-state index in [1.54, 1.807) is 12.1 Å². The average molecular weight is 364 g/mol. The monoisotopic (exact) mass is 363 g/mol. The maximum Gasteiger partial charge on any atom is 0.137 e. The number of hydrogen-bond acceptors (Lipinski definition) is 4. The lowest BCUT2D eigenvalue weighted by Gasteiger charge is -2.33. The molecule has 4 nitrogen and oxygen atoms in total. The highest BCUT2D eigenvalue weighted by Gasteiger charge is 2.23. The van der Waals surface area contributed by atoms with E-state index in [1.165, 1.54) is 12.1 Å². The molecule has 2 heterocycles. The van der Waals surface area contributed by atoms with Gasteiger partial charge >= 0.3 is 0 Å². The molecule has 0 radical (unpaired) electrons. The molecule has 1 fully saturated rings. The van der Waals surface area contributed by atoms with E-state index < -0.39 is 0 Å². The maximum absolute atomic E-state index is 12.9. The molecule has 0 unspecified atom stereocenters. The number of aryl methyl sites for hydroxylation is 1. The Bertz CT molecular complexity index is 715. The van der Waals surface area contributed by atoms with E-state index in [9.17, 15) is 4.39 Å². The smallest absolute Gasteiger partial charge is 0.137 e. The van der Waals surface area contributed by atoms with Gasteiger partial charge in [-0.1, -0.05) is 30.7 Å². The van der Waals surface area contributed by atoms with Gasteiger partial charge in [0.25, 0.3) is 0 Å². The van der Waals surface area contributed by atoms with Crippen LogP contribution < -0.4 is 4.90 Å². The highest BCUT2D eigenvalue weighted by molar-refractivity contribution is 6.30. The third-order valence-electron chi connectivity index (χ3n) is 4.56. The van der Waals surface area contributed by atoms with Gasteiger partial charge in [-0.05, 0) is 37.5 Å². The quantitative estimate of drug-likeness (QED) is 0.741. The molecule has 0 saturated carbocycles. The van der Waals surface area contributed by atoms with Crippen molar-refractivity contribution in [2.75, 3.05) is 18.0 Å². The van der Waals surface area contributed by atoms with Crippen molar-refractivity contribution < 1.29 is 9.13 Å². The Kier molecular flexibility index (Phi) is 5.86. The number of nitrogens with zero attached hydrogens (tertiary/aromatic N) is 3. The molecule has 0 spiro atoms. The van der Waals surface area contributed by atoms with Crippen molar-refractivity contribution in [3.05, 3.63) is 52.2 Å². The summed E-state index contributed by atoms with van der Waals surface area (Å²) in [5.74, 6) is 1.50. The number of hydrogen-bond donors (Lipinski definition) is 0. The van der Waals surface area contributed by atoms with Crippen LogP contribution in [0.15, 0.2) is 24.3 Å². The highest BCUT2D eigenvalue weighted by atomic mass is 35.5. The normalized spacial score (nSPS) is 15.6. The third-order valence-corrected chi connectivity index (χ3v) is 4.93. The molecular weight excluding hydrogens is 341 g/mol. The van der Waals surface area contributed by atoms with Crippen LogP contribution in [0, 0.1) is 12.7 Å². The molecule has 0 bridgehead atoms. The molecule has 3 rings (SSSR count). The number of benzene rings is 1. The molecule has 2 aromatic rings. The fourth-order valence-corrected chi connectivity index (χ4v) is 3.20. The lowest BCUT2D eigenvalue weighted by Crippen LogP contribution is -2.38. The lowest BCUT2D eigenvalue weighted by molar-refractivity contribution is 0.0250. The van der Waals surface area contributed by atoms with Crippen molar-refractivity contribution >= 4 is 17.4 Å². The summed E-state index contributed by atoms with van der Waals surface area (Å²) in [6, 6.07) is 6.47. The Balaban J connectivity index is 1.57. The minimum absolute atomic E-state index is 0.213. The van der Waals surface area contributed by atoms with Crippen LogP contribution >= 0.6 is 11.6 Å². The number of rotatable bonds is 5. The molecule has 0 amide bonds. The summed E-state index contributed by atoms with van der Waals surface area (Å²) in [5.41, 5.74) is 1.93. The standard InChI is InChI=1S/C19H23ClFN3O/c1-3-17-22-18(20)13(2)19(23-17)24-10-8-16(9-11-24)25-12-14-4-6-15(21)7-5-14/h4-7,16H,3,8-12H2,1-2H3. The van der Waals surface area contributed by atoms with Crippen LogP contribution in [0.25, 0.3) is 0 Å². The van der Waals surface area contributed by atoms with Crippen molar-refractivity contribution in [3.8, 4) is 0 Å². The van der Waals surface area contributed by atoms with Crippen LogP contribution in [0.2, 0.25) is 5.15 Å². The fraction of sp³-hybridized carbons (Fsp3) is 0.474. The van der Waals surface area contributed by atoms with E-state index in [4.69, 9.17) is 16.3 Å². The minimum Gasteiger partial charge on any atom is -0.373 e. The van der Waals surface area contributed by atoms with Crippen LogP contribution in [-0.2, 0) is 17.8 Å². The van der Waals surface area contributed by atoms with Gasteiger partial charge in [0.1, 0.15) is 22.6 Å². The minimum atomic E-state index is -0.220. The molecule has 1 aliphatic rings. The van der Waals surface area contributed by atoms with Crippen LogP contribution in [0.4, 0.5) is 10.2 Å². The molecule has 0 aliphatic carbocycles. The van der Waals surface area contributed by atoms with E-state index in [-0.39, 0.29) is 11.9 Å². The van der Waals surface area contributed by atoms with Gasteiger partial charge in [0.2, 0.25) is 0 Å². The second-order valence-corrected chi connectivity index (χ2v) is 6.71. The van der Waals surface area contributed by atoms with Crippen LogP contribution in [0.1, 0.15) is 36.7 Å². The average Bonchev–Trinajstić information content (AvgIpc) is 2.64. The lowest BCUT2D eigenvalue weighted by atomic mass is 10.1. The third kappa shape index (κ3) is 4.47. The Morgan fingerprint density at radius 1 is 1.20 bits per heavy atom. The second-order valence-electron chi connectivity index (χ2n) is 6.36. The van der Waals surface area contributed by atoms with Crippen LogP contribution in [0.5, 0.6) is 0 Å². The van der Waals surface area contributed by atoms with Gasteiger partial charge in [-0.2, -0.15) is 0 Å². The van der Waals surface area contributed by atoms with Gasteiger partial charge in [0, 0.05) is 25.1 Å². The summed E-state index contributed by atoms with van der Waals surface area (Å²) in [5, 5.41) is 0.538. The Hall–Kier alpha value is -1.72. The molecule has 1 aromatic heterocycles. The fourth-order valence-electron chi connectivity index (χ4n) is 3.02. The molecule has 6 heteroatoms. The van der Waals surface area contributed by atoms with Gasteiger partial charge < -0.3 is 9.64 Å². The number of piperidine rings is 1. The van der Waals surface area contributed by atoms with Crippen LogP contribution in [0.3, 0.4) is 0 Å². The number of anilines is 1. The topological polar surface area (TPSA) is 38.2 Å². The molecule has 0 atom stereocenters. The van der Waals surface area contributed by atoms with E-state index in [1.807, 2.05) is 13.8 Å². The summed E-state index contributed by atoms with van der Waals surface area (Å²) in [4.78, 5) is 11.2. The Morgan fingerprint density at radius 2 is 1.88 bits per heavy atom. The molecule has 1 aromatic carbocycles. The molecule has 0 N–H and O–H groups in total. The molecular formula is C19H23ClFN3O. The van der Waals surface area contributed by atoms with Crippen LogP contribution in [-0.4, -0.2) is 29.2 Å². The SMILES string of the molecule is CCc1nc(Cl)c(C)c(N2CCC(OCc3ccc(F)cc3)CC2)n1. The first-order valence-electron chi connectivity index (χ1n) is 8.70. The predicted molar refractivity (Wildman–Crippen MR) is 97.6 cm³/mol. The van der Waals surface area contributed by atoms with Gasteiger partial charge in [0.15, 0.2) is 0 Å². The van der Waals surface area contributed by atoms with Crippen molar-refractivity contribution in [2.24, 2.45) is 0 Å². The Morgan fingerprint density at radius 3 is 2.52 bits per heavy atom. The van der Waals surface area contributed by atoms with E-state index in [0.717, 1.165) is 55.1 Å². The van der Waals surface area contributed by atoms with Crippen molar-refractivity contribution in [3.63, 3.8) is 0 Å². The zero-order valence-corrected chi connectivity index (χ0v) is 15.4.